The summed E-state index contributed by atoms with van der Waals surface area (Å²) in [5.41, 5.74) is 8.69. The molecule has 122 valence electrons. The summed E-state index contributed by atoms with van der Waals surface area (Å²) in [6.07, 6.45) is 2.16. The first-order valence-electron chi connectivity index (χ1n) is 8.30. The van der Waals surface area contributed by atoms with Crippen LogP contribution in [-0.2, 0) is 0 Å². The Morgan fingerprint density at radius 3 is 2.88 bits per heavy atom. The van der Waals surface area contributed by atoms with Crippen molar-refractivity contribution in [2.75, 3.05) is 18.8 Å². The Hall–Kier alpha value is -2.82. The van der Waals surface area contributed by atoms with Gasteiger partial charge in [0.15, 0.2) is 5.82 Å². The molecule has 24 heavy (non-hydrogen) atoms. The maximum Gasteiger partial charge on any atom is 0.253 e. The van der Waals surface area contributed by atoms with Crippen molar-refractivity contribution in [2.45, 2.75) is 18.8 Å². The van der Waals surface area contributed by atoms with E-state index in [9.17, 15) is 4.79 Å². The van der Waals surface area contributed by atoms with Crippen LogP contribution in [0, 0.1) is 0 Å². The average molecular weight is 320 g/mol. The van der Waals surface area contributed by atoms with Crippen molar-refractivity contribution in [3.63, 3.8) is 0 Å². The number of likely N-dealkylation sites (tertiary alicyclic amines) is 1. The zero-order valence-electron chi connectivity index (χ0n) is 13.4. The second-order valence-corrected chi connectivity index (χ2v) is 6.37. The molecule has 1 fully saturated rings. The fraction of sp³-hybridized carbons (Fsp3) is 0.263. The van der Waals surface area contributed by atoms with Gasteiger partial charge in [0.2, 0.25) is 0 Å². The van der Waals surface area contributed by atoms with Crippen molar-refractivity contribution in [2.24, 2.45) is 0 Å². The van der Waals surface area contributed by atoms with Crippen LogP contribution in [0.4, 0.5) is 5.82 Å². The number of aromatic nitrogens is 2. The number of hydrogen-bond acceptors (Lipinski definition) is 3. The van der Waals surface area contributed by atoms with Gasteiger partial charge in [0.05, 0.1) is 5.52 Å². The molecule has 4 rings (SSSR count). The van der Waals surface area contributed by atoms with E-state index in [-0.39, 0.29) is 5.91 Å². The number of benzene rings is 2. The number of nitrogens with one attached hydrogen (secondary N) is 1. The van der Waals surface area contributed by atoms with Crippen molar-refractivity contribution in [3.05, 3.63) is 59.7 Å². The number of carbonyl (C=O) groups is 1. The summed E-state index contributed by atoms with van der Waals surface area (Å²) in [7, 11) is 0. The molecule has 3 N–H and O–H groups in total. The van der Waals surface area contributed by atoms with Gasteiger partial charge in [0.25, 0.3) is 5.91 Å². The highest BCUT2D eigenvalue weighted by molar-refractivity contribution is 6.00. The lowest BCUT2D eigenvalue weighted by Gasteiger charge is -2.33. The van der Waals surface area contributed by atoms with Crippen molar-refractivity contribution in [1.82, 2.24) is 15.1 Å². The molecule has 0 radical (unpaired) electrons. The predicted octanol–water partition coefficient (Wildman–Crippen LogP) is 3.16. The lowest BCUT2D eigenvalue weighted by Crippen LogP contribution is -2.39. The SMILES string of the molecule is Nc1n[nH]c2ccc(C(=O)N3CCCC(c4ccccc4)C3)cc12. The number of nitrogen functional groups attached to an aromatic ring is 1. The fourth-order valence-corrected chi connectivity index (χ4v) is 3.51. The van der Waals surface area contributed by atoms with Crippen molar-refractivity contribution in [1.29, 1.82) is 0 Å². The molecular weight excluding hydrogens is 300 g/mol. The smallest absolute Gasteiger partial charge is 0.253 e. The van der Waals surface area contributed by atoms with Gasteiger partial charge < -0.3 is 10.6 Å². The molecule has 1 aromatic heterocycles. The number of amides is 1. The Kier molecular flexibility index (Phi) is 3.69. The third kappa shape index (κ3) is 2.62. The molecule has 1 atom stereocenters. The highest BCUT2D eigenvalue weighted by Crippen LogP contribution is 2.28. The van der Waals surface area contributed by atoms with Gasteiger partial charge in [-0.15, -0.1) is 0 Å². The Labute approximate surface area is 140 Å². The normalized spacial score (nSPS) is 18.0. The van der Waals surface area contributed by atoms with Gasteiger partial charge in [-0.1, -0.05) is 30.3 Å². The van der Waals surface area contributed by atoms with Crippen LogP contribution >= 0.6 is 0 Å². The quantitative estimate of drug-likeness (QED) is 0.761. The first-order chi connectivity index (χ1) is 11.7. The highest BCUT2D eigenvalue weighted by atomic mass is 16.2. The Morgan fingerprint density at radius 2 is 2.04 bits per heavy atom. The summed E-state index contributed by atoms with van der Waals surface area (Å²) in [4.78, 5) is 14.9. The molecular formula is C19H20N4O. The van der Waals surface area contributed by atoms with Crippen LogP contribution in [0.1, 0.15) is 34.7 Å². The summed E-state index contributed by atoms with van der Waals surface area (Å²) in [6, 6.07) is 16.0. The van der Waals surface area contributed by atoms with Crippen LogP contribution in [0.15, 0.2) is 48.5 Å². The van der Waals surface area contributed by atoms with Crippen LogP contribution in [0.2, 0.25) is 0 Å². The standard InChI is InChI=1S/C19H20N4O/c20-18-16-11-14(8-9-17(16)21-22-18)19(24)23-10-4-7-15(12-23)13-5-2-1-3-6-13/h1-3,5-6,8-9,11,15H,4,7,10,12H2,(H3,20,21,22). The second-order valence-electron chi connectivity index (χ2n) is 6.37. The molecule has 5 nitrogen and oxygen atoms in total. The minimum absolute atomic E-state index is 0.0677. The van der Waals surface area contributed by atoms with E-state index < -0.39 is 0 Å². The monoisotopic (exact) mass is 320 g/mol. The first kappa shape index (κ1) is 14.8. The molecule has 1 amide bonds. The fourth-order valence-electron chi connectivity index (χ4n) is 3.51. The number of nitrogens with zero attached hydrogens (tertiary/aromatic N) is 2. The molecule has 0 bridgehead atoms. The summed E-state index contributed by atoms with van der Waals surface area (Å²) in [6.45, 7) is 1.57. The van der Waals surface area contributed by atoms with Crippen LogP contribution in [0.25, 0.3) is 10.9 Å². The average Bonchev–Trinajstić information content (AvgIpc) is 3.02. The van der Waals surface area contributed by atoms with Crippen molar-refractivity contribution < 1.29 is 4.79 Å². The largest absolute Gasteiger partial charge is 0.382 e. The van der Waals surface area contributed by atoms with Crippen molar-refractivity contribution >= 4 is 22.6 Å². The van der Waals surface area contributed by atoms with E-state index in [1.165, 1.54) is 5.56 Å². The predicted molar refractivity (Wildman–Crippen MR) is 94.8 cm³/mol. The molecule has 5 heteroatoms. The number of aromatic amines is 1. The molecule has 2 heterocycles. The maximum absolute atomic E-state index is 12.9. The number of hydrogen-bond donors (Lipinski definition) is 2. The first-order valence-corrected chi connectivity index (χ1v) is 8.30. The molecule has 0 aliphatic carbocycles. The molecule has 0 saturated carbocycles. The Balaban J connectivity index is 1.57. The number of anilines is 1. The zero-order chi connectivity index (χ0) is 16.5. The summed E-state index contributed by atoms with van der Waals surface area (Å²) in [5.74, 6) is 0.908. The zero-order valence-corrected chi connectivity index (χ0v) is 13.4. The number of piperidine rings is 1. The number of nitrogens with two attached hydrogens (primary N) is 1. The van der Waals surface area contributed by atoms with E-state index in [1.807, 2.05) is 29.2 Å². The maximum atomic E-state index is 12.9. The van der Waals surface area contributed by atoms with Crippen LogP contribution < -0.4 is 5.73 Å². The Bertz CT molecular complexity index is 871. The van der Waals surface area contributed by atoms with E-state index in [0.29, 0.717) is 17.3 Å². The number of H-pyrrole nitrogens is 1. The van der Waals surface area contributed by atoms with Gasteiger partial charge in [0.1, 0.15) is 0 Å². The number of carbonyl (C=O) groups excluding carboxylic acids is 1. The van der Waals surface area contributed by atoms with Gasteiger partial charge in [0, 0.05) is 30.0 Å². The van der Waals surface area contributed by atoms with Gasteiger partial charge >= 0.3 is 0 Å². The van der Waals surface area contributed by atoms with E-state index in [2.05, 4.69) is 34.5 Å². The molecule has 1 aliphatic rings. The summed E-state index contributed by atoms with van der Waals surface area (Å²) >= 11 is 0. The summed E-state index contributed by atoms with van der Waals surface area (Å²) < 4.78 is 0. The summed E-state index contributed by atoms with van der Waals surface area (Å²) in [5, 5.41) is 7.65. The number of rotatable bonds is 2. The number of fused-ring (bicyclic) bond motifs is 1. The van der Waals surface area contributed by atoms with Crippen LogP contribution in [0.5, 0.6) is 0 Å². The molecule has 2 aromatic carbocycles. The lowest BCUT2D eigenvalue weighted by molar-refractivity contribution is 0.0707. The topological polar surface area (TPSA) is 75.0 Å². The van der Waals surface area contributed by atoms with Crippen molar-refractivity contribution in [3.8, 4) is 0 Å². The third-order valence-corrected chi connectivity index (χ3v) is 4.82. The van der Waals surface area contributed by atoms with E-state index in [1.54, 1.807) is 0 Å². The van der Waals surface area contributed by atoms with Crippen LogP contribution in [0.3, 0.4) is 0 Å². The lowest BCUT2D eigenvalue weighted by atomic mass is 9.90. The minimum Gasteiger partial charge on any atom is -0.382 e. The molecule has 1 unspecified atom stereocenters. The van der Waals surface area contributed by atoms with E-state index >= 15 is 0 Å². The van der Waals surface area contributed by atoms with E-state index in [4.69, 9.17) is 5.73 Å². The minimum atomic E-state index is 0.0677. The van der Waals surface area contributed by atoms with Gasteiger partial charge in [-0.3, -0.25) is 9.89 Å². The molecule has 1 aliphatic heterocycles. The molecule has 0 spiro atoms. The highest BCUT2D eigenvalue weighted by Gasteiger charge is 2.25. The van der Waals surface area contributed by atoms with Gasteiger partial charge in [-0.25, -0.2) is 0 Å². The second kappa shape index (κ2) is 6.00. The van der Waals surface area contributed by atoms with Gasteiger partial charge in [-0.05, 0) is 36.6 Å². The Morgan fingerprint density at radius 1 is 1.21 bits per heavy atom. The molecule has 3 aromatic rings. The van der Waals surface area contributed by atoms with Crippen LogP contribution in [-0.4, -0.2) is 34.1 Å². The van der Waals surface area contributed by atoms with E-state index in [0.717, 1.165) is 36.8 Å². The molecule has 1 saturated heterocycles. The third-order valence-electron chi connectivity index (χ3n) is 4.82. The van der Waals surface area contributed by atoms with Gasteiger partial charge in [-0.2, -0.15) is 5.10 Å².